The highest BCUT2D eigenvalue weighted by atomic mass is 32.2. The van der Waals surface area contributed by atoms with Gasteiger partial charge in [0.15, 0.2) is 5.13 Å². The van der Waals surface area contributed by atoms with Crippen LogP contribution in [0, 0.1) is 13.8 Å². The summed E-state index contributed by atoms with van der Waals surface area (Å²) in [5.41, 5.74) is 3.23. The largest absolute Gasteiger partial charge is 0.268 e. The summed E-state index contributed by atoms with van der Waals surface area (Å²) in [6.07, 6.45) is 3.65. The van der Waals surface area contributed by atoms with Crippen molar-refractivity contribution in [1.29, 1.82) is 0 Å². The fourth-order valence-electron chi connectivity index (χ4n) is 3.13. The van der Waals surface area contributed by atoms with Gasteiger partial charge in [0.1, 0.15) is 0 Å². The van der Waals surface area contributed by atoms with Gasteiger partial charge in [0.25, 0.3) is 11.3 Å². The molecule has 27 heavy (non-hydrogen) atoms. The lowest BCUT2D eigenvalue weighted by molar-refractivity contribution is 0.900. The van der Waals surface area contributed by atoms with E-state index >= 15 is 0 Å². The molecule has 0 unspecified atom stereocenters. The average Bonchev–Trinajstić information content (AvgIpc) is 3.24. The molecular weight excluding hydrogens is 380 g/mol. The first-order valence-electron chi connectivity index (χ1n) is 8.25. The number of pyridine rings is 1. The SMILES string of the molecule is CSc1nc2nc(C)c3c(=O)n(-c4nc5ccc(C)cc5s4)ccc3n2n1. The van der Waals surface area contributed by atoms with Crippen LogP contribution >= 0.6 is 23.1 Å². The number of hydrogen-bond donors (Lipinski definition) is 0. The molecule has 0 atom stereocenters. The van der Waals surface area contributed by atoms with Crippen LogP contribution in [0.2, 0.25) is 0 Å². The normalized spacial score (nSPS) is 11.8. The third kappa shape index (κ3) is 2.46. The minimum Gasteiger partial charge on any atom is -0.268 e. The van der Waals surface area contributed by atoms with Crippen LogP contribution in [-0.2, 0) is 0 Å². The highest BCUT2D eigenvalue weighted by Gasteiger charge is 2.16. The van der Waals surface area contributed by atoms with E-state index in [2.05, 4.69) is 26.1 Å². The molecule has 7 nitrogen and oxygen atoms in total. The number of rotatable bonds is 2. The maximum absolute atomic E-state index is 13.2. The predicted octanol–water partition coefficient (Wildman–Crippen LogP) is 3.38. The van der Waals surface area contributed by atoms with Gasteiger partial charge in [-0.1, -0.05) is 29.2 Å². The number of thiazole rings is 1. The third-order valence-electron chi connectivity index (χ3n) is 4.42. The van der Waals surface area contributed by atoms with Gasteiger partial charge < -0.3 is 0 Å². The number of aryl methyl sites for hydroxylation is 2. The second-order valence-electron chi connectivity index (χ2n) is 6.23. The summed E-state index contributed by atoms with van der Waals surface area (Å²) in [6.45, 7) is 3.87. The van der Waals surface area contributed by atoms with Gasteiger partial charge in [-0.2, -0.15) is 9.50 Å². The fourth-order valence-corrected chi connectivity index (χ4v) is 4.51. The molecule has 0 spiro atoms. The Morgan fingerprint density at radius 2 is 1.96 bits per heavy atom. The Balaban J connectivity index is 1.80. The van der Waals surface area contributed by atoms with Gasteiger partial charge in [0.2, 0.25) is 5.16 Å². The molecule has 4 aromatic heterocycles. The van der Waals surface area contributed by atoms with Crippen molar-refractivity contribution < 1.29 is 0 Å². The van der Waals surface area contributed by atoms with E-state index in [0.29, 0.717) is 32.7 Å². The van der Waals surface area contributed by atoms with E-state index in [1.807, 2.05) is 38.3 Å². The van der Waals surface area contributed by atoms with Crippen molar-refractivity contribution in [2.24, 2.45) is 0 Å². The van der Waals surface area contributed by atoms with Crippen molar-refractivity contribution in [3.63, 3.8) is 0 Å². The van der Waals surface area contributed by atoms with E-state index < -0.39 is 0 Å². The molecule has 0 aliphatic rings. The van der Waals surface area contributed by atoms with Gasteiger partial charge in [-0.15, -0.1) is 5.10 Å². The van der Waals surface area contributed by atoms with Gasteiger partial charge in [0, 0.05) is 6.20 Å². The molecule has 0 aliphatic carbocycles. The van der Waals surface area contributed by atoms with Crippen molar-refractivity contribution in [3.05, 3.63) is 52.1 Å². The lowest BCUT2D eigenvalue weighted by Crippen LogP contribution is -2.20. The summed E-state index contributed by atoms with van der Waals surface area (Å²) in [5, 5.41) is 6.23. The minimum absolute atomic E-state index is 0.156. The zero-order valence-electron chi connectivity index (χ0n) is 14.8. The zero-order valence-corrected chi connectivity index (χ0v) is 16.4. The summed E-state index contributed by atoms with van der Waals surface area (Å²) in [7, 11) is 0. The van der Waals surface area contributed by atoms with E-state index in [1.165, 1.54) is 28.7 Å². The Kier molecular flexibility index (Phi) is 3.56. The lowest BCUT2D eigenvalue weighted by atomic mass is 10.2. The Morgan fingerprint density at radius 1 is 1.11 bits per heavy atom. The van der Waals surface area contributed by atoms with Crippen LogP contribution < -0.4 is 5.56 Å². The summed E-state index contributed by atoms with van der Waals surface area (Å²) in [5.74, 6) is 0.497. The molecule has 0 amide bonds. The highest BCUT2D eigenvalue weighted by molar-refractivity contribution is 7.98. The van der Waals surface area contributed by atoms with E-state index in [-0.39, 0.29) is 5.56 Å². The number of fused-ring (bicyclic) bond motifs is 4. The van der Waals surface area contributed by atoms with Crippen molar-refractivity contribution in [1.82, 2.24) is 29.1 Å². The van der Waals surface area contributed by atoms with Crippen LogP contribution in [0.3, 0.4) is 0 Å². The smallest absolute Gasteiger partial charge is 0.268 e. The Bertz CT molecular complexity index is 1410. The molecule has 134 valence electrons. The Morgan fingerprint density at radius 3 is 2.78 bits per heavy atom. The van der Waals surface area contributed by atoms with Gasteiger partial charge in [-0.25, -0.2) is 9.97 Å². The number of aromatic nitrogens is 6. The molecule has 9 heteroatoms. The van der Waals surface area contributed by atoms with Crippen LogP contribution in [-0.4, -0.2) is 35.4 Å². The maximum Gasteiger partial charge on any atom is 0.268 e. The van der Waals surface area contributed by atoms with Gasteiger partial charge in [0.05, 0.1) is 26.8 Å². The number of thioether (sulfide) groups is 1. The molecule has 0 fully saturated rings. The zero-order chi connectivity index (χ0) is 18.7. The molecule has 0 N–H and O–H groups in total. The van der Waals surface area contributed by atoms with E-state index in [0.717, 1.165) is 10.2 Å². The van der Waals surface area contributed by atoms with E-state index in [4.69, 9.17) is 0 Å². The van der Waals surface area contributed by atoms with Gasteiger partial charge in [-0.3, -0.25) is 9.36 Å². The number of benzene rings is 1. The van der Waals surface area contributed by atoms with Gasteiger partial charge in [-0.05, 0) is 43.9 Å². The van der Waals surface area contributed by atoms with Crippen molar-refractivity contribution in [2.75, 3.05) is 6.26 Å². The summed E-state index contributed by atoms with van der Waals surface area (Å²) in [6, 6.07) is 7.95. The highest BCUT2D eigenvalue weighted by Crippen LogP contribution is 2.26. The molecule has 4 heterocycles. The predicted molar refractivity (Wildman–Crippen MR) is 108 cm³/mol. The molecule has 0 saturated heterocycles. The topological polar surface area (TPSA) is 78.0 Å². The molecule has 1 aromatic carbocycles. The summed E-state index contributed by atoms with van der Waals surface area (Å²) < 4.78 is 4.26. The molecular formula is C18H14N6OS2. The molecule has 0 radical (unpaired) electrons. The molecule has 5 rings (SSSR count). The van der Waals surface area contributed by atoms with Crippen molar-refractivity contribution in [2.45, 2.75) is 19.0 Å². The van der Waals surface area contributed by atoms with Gasteiger partial charge >= 0.3 is 0 Å². The second-order valence-corrected chi connectivity index (χ2v) is 8.01. The summed E-state index contributed by atoms with van der Waals surface area (Å²) >= 11 is 2.94. The fraction of sp³-hybridized carbons (Fsp3) is 0.167. The number of nitrogens with zero attached hydrogens (tertiary/aromatic N) is 6. The quantitative estimate of drug-likeness (QED) is 0.427. The standard InChI is InChI=1S/C18H14N6OS2/c1-9-4-5-11-13(8-9)27-18(20-11)23-7-6-12-14(15(23)25)10(2)19-16-21-17(26-3)22-24(12)16/h4-8H,1-3H3. The number of hydrogen-bond acceptors (Lipinski definition) is 7. The van der Waals surface area contributed by atoms with Crippen LogP contribution in [0.15, 0.2) is 40.4 Å². The first-order chi connectivity index (χ1) is 13.0. The van der Waals surface area contributed by atoms with Crippen LogP contribution in [0.1, 0.15) is 11.3 Å². The Hall–Kier alpha value is -2.78. The lowest BCUT2D eigenvalue weighted by Gasteiger charge is -2.06. The van der Waals surface area contributed by atoms with E-state index in [1.54, 1.807) is 15.3 Å². The maximum atomic E-state index is 13.2. The first kappa shape index (κ1) is 16.4. The van der Waals surface area contributed by atoms with Crippen LogP contribution in [0.5, 0.6) is 0 Å². The average molecular weight is 394 g/mol. The minimum atomic E-state index is -0.156. The Labute approximate surface area is 161 Å². The van der Waals surface area contributed by atoms with Crippen molar-refractivity contribution in [3.8, 4) is 5.13 Å². The third-order valence-corrected chi connectivity index (χ3v) is 5.98. The molecule has 0 saturated carbocycles. The molecule has 0 aliphatic heterocycles. The van der Waals surface area contributed by atoms with Crippen LogP contribution in [0.25, 0.3) is 32.0 Å². The van der Waals surface area contributed by atoms with E-state index in [9.17, 15) is 4.79 Å². The molecule has 0 bridgehead atoms. The summed E-state index contributed by atoms with van der Waals surface area (Å²) in [4.78, 5) is 26.7. The molecule has 5 aromatic rings. The monoisotopic (exact) mass is 394 g/mol. The van der Waals surface area contributed by atoms with Crippen LogP contribution in [0.4, 0.5) is 0 Å². The first-order valence-corrected chi connectivity index (χ1v) is 10.3. The van der Waals surface area contributed by atoms with Crippen molar-refractivity contribution >= 4 is 50.0 Å². The second kappa shape index (κ2) is 5.86.